The Morgan fingerprint density at radius 3 is 2.47 bits per heavy atom. The largest absolute Gasteiger partial charge is 0.478 e. The van der Waals surface area contributed by atoms with E-state index in [0.717, 1.165) is 5.56 Å². The maximum Gasteiger partial charge on any atom is 0.331 e. The lowest BCUT2D eigenvalue weighted by molar-refractivity contribution is -0.133. The van der Waals surface area contributed by atoms with Crippen molar-refractivity contribution >= 4 is 23.6 Å². The lowest BCUT2D eigenvalue weighted by atomic mass is 10.0. The summed E-state index contributed by atoms with van der Waals surface area (Å²) in [7, 11) is 0. The molecule has 1 N–H and O–H groups in total. The van der Waals surface area contributed by atoms with Crippen LogP contribution < -0.4 is 0 Å². The highest BCUT2D eigenvalue weighted by molar-refractivity contribution is 6.32. The molecule has 15 heavy (non-hydrogen) atoms. The van der Waals surface area contributed by atoms with Gasteiger partial charge in [0.15, 0.2) is 0 Å². The summed E-state index contributed by atoms with van der Waals surface area (Å²) in [6.45, 7) is 3.69. The van der Waals surface area contributed by atoms with Crippen molar-refractivity contribution in [1.29, 1.82) is 0 Å². The minimum Gasteiger partial charge on any atom is -0.478 e. The van der Waals surface area contributed by atoms with Gasteiger partial charge in [0.25, 0.3) is 0 Å². The van der Waals surface area contributed by atoms with Crippen LogP contribution in [-0.4, -0.2) is 11.1 Å². The molecule has 0 atom stereocenters. The van der Waals surface area contributed by atoms with Crippen molar-refractivity contribution in [1.82, 2.24) is 0 Å². The van der Waals surface area contributed by atoms with Gasteiger partial charge in [0.1, 0.15) is 0 Å². The second kappa shape index (κ2) is 4.99. The fraction of sp³-hybridized carbons (Fsp3) is 0.250. The van der Waals surface area contributed by atoms with Gasteiger partial charge in [-0.25, -0.2) is 4.79 Å². The van der Waals surface area contributed by atoms with Crippen LogP contribution in [0.15, 0.2) is 29.8 Å². The molecule has 0 bridgehead atoms. The molecule has 2 nitrogen and oxygen atoms in total. The Kier molecular flexibility index (Phi) is 3.92. The Hall–Kier alpha value is -1.28. The van der Waals surface area contributed by atoms with E-state index in [-0.39, 0.29) is 5.92 Å². The van der Waals surface area contributed by atoms with E-state index in [1.165, 1.54) is 0 Å². The monoisotopic (exact) mass is 224 g/mol. The molecule has 0 fully saturated rings. The van der Waals surface area contributed by atoms with Gasteiger partial charge in [-0.1, -0.05) is 43.6 Å². The molecular formula is C12H13ClO2. The summed E-state index contributed by atoms with van der Waals surface area (Å²) in [5, 5.41) is 9.55. The maximum atomic E-state index is 10.9. The van der Waals surface area contributed by atoms with Gasteiger partial charge in [0.2, 0.25) is 0 Å². The molecule has 1 aromatic rings. The Balaban J connectivity index is 3.14. The Labute approximate surface area is 94.2 Å². The zero-order valence-electron chi connectivity index (χ0n) is 8.70. The van der Waals surface area contributed by atoms with Crippen molar-refractivity contribution in [3.63, 3.8) is 0 Å². The van der Waals surface area contributed by atoms with E-state index in [9.17, 15) is 4.79 Å². The van der Waals surface area contributed by atoms with Crippen molar-refractivity contribution in [2.45, 2.75) is 13.8 Å². The first kappa shape index (κ1) is 11.8. The summed E-state index contributed by atoms with van der Waals surface area (Å²) >= 11 is 5.94. The molecule has 0 aliphatic heterocycles. The van der Waals surface area contributed by atoms with Gasteiger partial charge < -0.3 is 5.11 Å². The minimum absolute atomic E-state index is 0.0289. The van der Waals surface area contributed by atoms with Crippen LogP contribution in [-0.2, 0) is 4.79 Å². The highest BCUT2D eigenvalue weighted by Crippen LogP contribution is 2.21. The average molecular weight is 225 g/mol. The molecule has 0 amide bonds. The smallest absolute Gasteiger partial charge is 0.331 e. The van der Waals surface area contributed by atoms with Crippen molar-refractivity contribution in [3.8, 4) is 0 Å². The molecule has 0 saturated heterocycles. The summed E-state index contributed by atoms with van der Waals surface area (Å²) in [6, 6.07) is 7.19. The molecule has 80 valence electrons. The van der Waals surface area contributed by atoms with E-state index in [4.69, 9.17) is 16.7 Å². The van der Waals surface area contributed by atoms with Gasteiger partial charge in [-0.2, -0.15) is 0 Å². The molecule has 0 unspecified atom stereocenters. The van der Waals surface area contributed by atoms with Crippen LogP contribution in [0.5, 0.6) is 0 Å². The molecule has 0 aliphatic carbocycles. The molecule has 0 heterocycles. The van der Waals surface area contributed by atoms with Gasteiger partial charge >= 0.3 is 5.97 Å². The van der Waals surface area contributed by atoms with Crippen LogP contribution >= 0.6 is 11.6 Å². The van der Waals surface area contributed by atoms with Crippen LogP contribution in [0.25, 0.3) is 6.08 Å². The van der Waals surface area contributed by atoms with E-state index in [1.54, 1.807) is 18.2 Å². The van der Waals surface area contributed by atoms with Gasteiger partial charge in [-0.3, -0.25) is 0 Å². The van der Waals surface area contributed by atoms with E-state index >= 15 is 0 Å². The number of carboxylic acids is 1. The van der Waals surface area contributed by atoms with Crippen molar-refractivity contribution in [3.05, 3.63) is 40.4 Å². The topological polar surface area (TPSA) is 37.3 Å². The zero-order valence-corrected chi connectivity index (χ0v) is 9.45. The second-order valence-electron chi connectivity index (χ2n) is 3.58. The molecule has 3 heteroatoms. The number of rotatable bonds is 3. The summed E-state index contributed by atoms with van der Waals surface area (Å²) in [6.07, 6.45) is 1.62. The maximum absolute atomic E-state index is 10.9. The number of hydrogen-bond donors (Lipinski definition) is 1. The number of benzene rings is 1. The lowest BCUT2D eigenvalue weighted by Gasteiger charge is -2.06. The van der Waals surface area contributed by atoms with Crippen LogP contribution in [0.1, 0.15) is 19.4 Å². The molecular weight excluding hydrogens is 212 g/mol. The van der Waals surface area contributed by atoms with E-state index in [2.05, 4.69) is 0 Å². The van der Waals surface area contributed by atoms with Crippen LogP contribution in [0.3, 0.4) is 0 Å². The standard InChI is InChI=1S/C12H13ClO2/c1-8(2)10(12(14)15)7-9-5-3-4-6-11(9)13/h3-8H,1-2H3,(H,14,15). The number of carboxylic acid groups (broad SMARTS) is 1. The Morgan fingerprint density at radius 2 is 2.00 bits per heavy atom. The number of carbonyl (C=O) groups is 1. The van der Waals surface area contributed by atoms with Gasteiger partial charge in [0.05, 0.1) is 0 Å². The number of aliphatic carboxylic acids is 1. The first-order valence-electron chi connectivity index (χ1n) is 4.71. The Morgan fingerprint density at radius 1 is 1.40 bits per heavy atom. The minimum atomic E-state index is -0.898. The fourth-order valence-corrected chi connectivity index (χ4v) is 1.43. The third-order valence-corrected chi connectivity index (χ3v) is 2.43. The quantitative estimate of drug-likeness (QED) is 0.799. The van der Waals surface area contributed by atoms with Gasteiger partial charge in [-0.05, 0) is 23.6 Å². The zero-order chi connectivity index (χ0) is 11.4. The van der Waals surface area contributed by atoms with Crippen LogP contribution in [0, 0.1) is 5.92 Å². The third kappa shape index (κ3) is 3.10. The second-order valence-corrected chi connectivity index (χ2v) is 3.99. The van der Waals surface area contributed by atoms with Gasteiger partial charge in [0, 0.05) is 10.6 Å². The highest BCUT2D eigenvalue weighted by atomic mass is 35.5. The normalized spacial score (nSPS) is 11.9. The fourth-order valence-electron chi connectivity index (χ4n) is 1.24. The third-order valence-electron chi connectivity index (χ3n) is 2.09. The van der Waals surface area contributed by atoms with Gasteiger partial charge in [-0.15, -0.1) is 0 Å². The summed E-state index contributed by atoms with van der Waals surface area (Å²) in [4.78, 5) is 10.9. The number of hydrogen-bond acceptors (Lipinski definition) is 1. The highest BCUT2D eigenvalue weighted by Gasteiger charge is 2.12. The summed E-state index contributed by atoms with van der Waals surface area (Å²) < 4.78 is 0. The summed E-state index contributed by atoms with van der Waals surface area (Å²) in [5.74, 6) is -0.927. The van der Waals surface area contributed by atoms with Crippen molar-refractivity contribution in [2.24, 2.45) is 5.92 Å². The molecule has 0 saturated carbocycles. The molecule has 1 rings (SSSR count). The lowest BCUT2D eigenvalue weighted by Crippen LogP contribution is -2.06. The van der Waals surface area contributed by atoms with E-state index < -0.39 is 5.97 Å². The molecule has 0 radical (unpaired) electrons. The van der Waals surface area contributed by atoms with E-state index in [1.807, 2.05) is 26.0 Å². The molecule has 0 spiro atoms. The van der Waals surface area contributed by atoms with E-state index in [0.29, 0.717) is 10.6 Å². The predicted octanol–water partition coefficient (Wildman–Crippen LogP) is 3.46. The predicted molar refractivity (Wildman–Crippen MR) is 61.9 cm³/mol. The SMILES string of the molecule is CC(C)C(=Cc1ccccc1Cl)C(=O)O. The van der Waals surface area contributed by atoms with Crippen molar-refractivity contribution in [2.75, 3.05) is 0 Å². The molecule has 0 aromatic heterocycles. The Bertz CT molecular complexity index is 394. The number of halogens is 1. The molecule has 0 aliphatic rings. The van der Waals surface area contributed by atoms with Crippen LogP contribution in [0.2, 0.25) is 5.02 Å². The van der Waals surface area contributed by atoms with Crippen LogP contribution in [0.4, 0.5) is 0 Å². The summed E-state index contributed by atoms with van der Waals surface area (Å²) in [5.41, 5.74) is 1.10. The average Bonchev–Trinajstić information content (AvgIpc) is 2.15. The van der Waals surface area contributed by atoms with Crippen molar-refractivity contribution < 1.29 is 9.90 Å². The first-order valence-corrected chi connectivity index (χ1v) is 5.09. The molecule has 1 aromatic carbocycles. The first-order chi connectivity index (χ1) is 7.02.